The Morgan fingerprint density at radius 3 is 3.00 bits per heavy atom. The molecule has 17 heavy (non-hydrogen) atoms. The first-order chi connectivity index (χ1) is 8.11. The van der Waals surface area contributed by atoms with Gasteiger partial charge < -0.3 is 10.4 Å². The first kappa shape index (κ1) is 13.7. The van der Waals surface area contributed by atoms with Crippen LogP contribution in [0.15, 0.2) is 12.4 Å². The fraction of sp³-hybridized carbons (Fsp3) is 0.667. The number of aryl methyl sites for hydroxylation is 2. The van der Waals surface area contributed by atoms with E-state index in [1.54, 1.807) is 10.9 Å². The monoisotopic (exact) mass is 239 g/mol. The summed E-state index contributed by atoms with van der Waals surface area (Å²) in [6, 6.07) is 0. The Kier molecular flexibility index (Phi) is 5.69. The van der Waals surface area contributed by atoms with E-state index in [1.807, 2.05) is 20.0 Å². The number of hydrogen-bond acceptors (Lipinski definition) is 3. The second-order valence-electron chi connectivity index (χ2n) is 4.28. The molecule has 0 radical (unpaired) electrons. The van der Waals surface area contributed by atoms with Crippen molar-refractivity contribution in [2.24, 2.45) is 0 Å². The standard InChI is InChI=1S/C12H21N3O2/c1-3-4-11(16)8-13-12(17)5-6-15-9-10(2)7-14-15/h7,9,11,16H,3-6,8H2,1-2H3,(H,13,17). The maximum absolute atomic E-state index is 11.5. The summed E-state index contributed by atoms with van der Waals surface area (Å²) in [6.45, 7) is 4.88. The molecule has 2 N–H and O–H groups in total. The van der Waals surface area contributed by atoms with Crippen LogP contribution >= 0.6 is 0 Å². The molecule has 1 aromatic heterocycles. The van der Waals surface area contributed by atoms with Gasteiger partial charge in [0.15, 0.2) is 0 Å². The first-order valence-electron chi connectivity index (χ1n) is 6.05. The molecule has 0 saturated carbocycles. The molecule has 0 bridgehead atoms. The van der Waals surface area contributed by atoms with Gasteiger partial charge in [-0.2, -0.15) is 5.10 Å². The van der Waals surface area contributed by atoms with Crippen LogP contribution in [0.3, 0.4) is 0 Å². The molecule has 0 aliphatic carbocycles. The van der Waals surface area contributed by atoms with Crippen LogP contribution in [-0.4, -0.2) is 33.4 Å². The lowest BCUT2D eigenvalue weighted by Gasteiger charge is -2.10. The number of aliphatic hydroxyl groups excluding tert-OH is 1. The molecule has 1 amide bonds. The number of carbonyl (C=O) groups is 1. The van der Waals surface area contributed by atoms with E-state index in [1.165, 1.54) is 0 Å². The Morgan fingerprint density at radius 2 is 2.41 bits per heavy atom. The van der Waals surface area contributed by atoms with E-state index in [-0.39, 0.29) is 5.91 Å². The van der Waals surface area contributed by atoms with E-state index < -0.39 is 6.10 Å². The molecule has 0 fully saturated rings. The zero-order chi connectivity index (χ0) is 12.7. The number of nitrogens with zero attached hydrogens (tertiary/aromatic N) is 2. The van der Waals surface area contributed by atoms with Crippen molar-refractivity contribution >= 4 is 5.91 Å². The first-order valence-corrected chi connectivity index (χ1v) is 6.05. The van der Waals surface area contributed by atoms with Crippen molar-refractivity contribution in [2.45, 2.75) is 45.8 Å². The molecule has 1 atom stereocenters. The van der Waals surface area contributed by atoms with Gasteiger partial charge in [0.1, 0.15) is 0 Å². The Balaban J connectivity index is 2.17. The smallest absolute Gasteiger partial charge is 0.221 e. The Morgan fingerprint density at radius 1 is 1.65 bits per heavy atom. The predicted octanol–water partition coefficient (Wildman–Crippen LogP) is 0.859. The van der Waals surface area contributed by atoms with Crippen LogP contribution in [0.5, 0.6) is 0 Å². The van der Waals surface area contributed by atoms with Gasteiger partial charge in [-0.05, 0) is 18.9 Å². The lowest BCUT2D eigenvalue weighted by Crippen LogP contribution is -2.32. The highest BCUT2D eigenvalue weighted by atomic mass is 16.3. The summed E-state index contributed by atoms with van der Waals surface area (Å²) in [5, 5.41) is 16.3. The van der Waals surface area contributed by atoms with E-state index >= 15 is 0 Å². The fourth-order valence-corrected chi connectivity index (χ4v) is 1.56. The summed E-state index contributed by atoms with van der Waals surface area (Å²) in [5.41, 5.74) is 1.09. The highest BCUT2D eigenvalue weighted by Gasteiger charge is 2.06. The van der Waals surface area contributed by atoms with Crippen molar-refractivity contribution < 1.29 is 9.90 Å². The van der Waals surface area contributed by atoms with Crippen molar-refractivity contribution in [2.75, 3.05) is 6.54 Å². The van der Waals surface area contributed by atoms with Crippen molar-refractivity contribution in [3.63, 3.8) is 0 Å². The van der Waals surface area contributed by atoms with Gasteiger partial charge in [-0.1, -0.05) is 13.3 Å². The van der Waals surface area contributed by atoms with Crippen LogP contribution in [0.2, 0.25) is 0 Å². The maximum atomic E-state index is 11.5. The van der Waals surface area contributed by atoms with Crippen LogP contribution in [0, 0.1) is 6.92 Å². The number of nitrogens with one attached hydrogen (secondary N) is 1. The van der Waals surface area contributed by atoms with Gasteiger partial charge in [0.05, 0.1) is 12.3 Å². The van der Waals surface area contributed by atoms with Gasteiger partial charge in [0.25, 0.3) is 0 Å². The molecule has 0 aromatic carbocycles. The predicted molar refractivity (Wildman–Crippen MR) is 65.5 cm³/mol. The van der Waals surface area contributed by atoms with Crippen molar-refractivity contribution in [3.8, 4) is 0 Å². The molecule has 5 heteroatoms. The molecule has 0 spiro atoms. The van der Waals surface area contributed by atoms with E-state index in [0.29, 0.717) is 19.5 Å². The Bertz CT molecular complexity index is 349. The molecule has 0 aliphatic heterocycles. The Hall–Kier alpha value is -1.36. The Labute approximate surface area is 102 Å². The normalized spacial score (nSPS) is 12.4. The molecule has 0 aliphatic rings. The molecule has 1 rings (SSSR count). The second-order valence-corrected chi connectivity index (χ2v) is 4.28. The van der Waals surface area contributed by atoms with Crippen LogP contribution in [0.1, 0.15) is 31.7 Å². The number of carbonyl (C=O) groups excluding carboxylic acids is 1. The number of amides is 1. The molecule has 5 nitrogen and oxygen atoms in total. The average molecular weight is 239 g/mol. The van der Waals surface area contributed by atoms with E-state index in [2.05, 4.69) is 10.4 Å². The zero-order valence-corrected chi connectivity index (χ0v) is 10.5. The van der Waals surface area contributed by atoms with Crippen LogP contribution < -0.4 is 5.32 Å². The third-order valence-corrected chi connectivity index (χ3v) is 2.49. The van der Waals surface area contributed by atoms with Crippen molar-refractivity contribution in [1.82, 2.24) is 15.1 Å². The summed E-state index contributed by atoms with van der Waals surface area (Å²) in [7, 11) is 0. The molecular weight excluding hydrogens is 218 g/mol. The SMILES string of the molecule is CCCC(O)CNC(=O)CCn1cc(C)cn1. The highest BCUT2D eigenvalue weighted by molar-refractivity contribution is 5.75. The number of hydrogen-bond donors (Lipinski definition) is 2. The van der Waals surface area contributed by atoms with Gasteiger partial charge in [0, 0.05) is 25.7 Å². The zero-order valence-electron chi connectivity index (χ0n) is 10.5. The molecule has 96 valence electrons. The van der Waals surface area contributed by atoms with Gasteiger partial charge >= 0.3 is 0 Å². The molecule has 1 aromatic rings. The molecule has 0 saturated heterocycles. The van der Waals surface area contributed by atoms with E-state index in [9.17, 15) is 9.90 Å². The van der Waals surface area contributed by atoms with E-state index in [4.69, 9.17) is 0 Å². The minimum atomic E-state index is -0.434. The van der Waals surface area contributed by atoms with Gasteiger partial charge in [-0.15, -0.1) is 0 Å². The molecular formula is C12H21N3O2. The number of aromatic nitrogens is 2. The van der Waals surface area contributed by atoms with Gasteiger partial charge in [-0.25, -0.2) is 0 Å². The third-order valence-electron chi connectivity index (χ3n) is 2.49. The summed E-state index contributed by atoms with van der Waals surface area (Å²) in [5.74, 6) is -0.0479. The quantitative estimate of drug-likeness (QED) is 0.741. The lowest BCUT2D eigenvalue weighted by molar-refractivity contribution is -0.121. The van der Waals surface area contributed by atoms with Crippen LogP contribution in [0.4, 0.5) is 0 Å². The number of rotatable bonds is 7. The van der Waals surface area contributed by atoms with Crippen molar-refractivity contribution in [1.29, 1.82) is 0 Å². The summed E-state index contributed by atoms with van der Waals surface area (Å²) >= 11 is 0. The van der Waals surface area contributed by atoms with Crippen molar-refractivity contribution in [3.05, 3.63) is 18.0 Å². The summed E-state index contributed by atoms with van der Waals surface area (Å²) in [6.07, 6.45) is 5.26. The highest BCUT2D eigenvalue weighted by Crippen LogP contribution is 1.97. The minimum absolute atomic E-state index is 0.0479. The second kappa shape index (κ2) is 7.06. The minimum Gasteiger partial charge on any atom is -0.391 e. The third kappa shape index (κ3) is 5.49. The summed E-state index contributed by atoms with van der Waals surface area (Å²) in [4.78, 5) is 11.5. The molecule has 1 heterocycles. The lowest BCUT2D eigenvalue weighted by atomic mass is 10.2. The molecule has 1 unspecified atom stereocenters. The van der Waals surface area contributed by atoms with Gasteiger partial charge in [-0.3, -0.25) is 9.48 Å². The van der Waals surface area contributed by atoms with Gasteiger partial charge in [0.2, 0.25) is 5.91 Å². The maximum Gasteiger partial charge on any atom is 0.221 e. The summed E-state index contributed by atoms with van der Waals surface area (Å²) < 4.78 is 1.75. The fourth-order valence-electron chi connectivity index (χ4n) is 1.56. The van der Waals surface area contributed by atoms with E-state index in [0.717, 1.165) is 18.4 Å². The van der Waals surface area contributed by atoms with Crippen LogP contribution in [-0.2, 0) is 11.3 Å². The largest absolute Gasteiger partial charge is 0.391 e. The van der Waals surface area contributed by atoms with Crippen LogP contribution in [0.25, 0.3) is 0 Å². The number of aliphatic hydroxyl groups is 1. The average Bonchev–Trinajstić information content (AvgIpc) is 2.70. The topological polar surface area (TPSA) is 67.2 Å².